The van der Waals surface area contributed by atoms with E-state index in [1.54, 1.807) is 25.3 Å². The van der Waals surface area contributed by atoms with Gasteiger partial charge in [-0.3, -0.25) is 4.79 Å². The lowest BCUT2D eigenvalue weighted by Crippen LogP contribution is -1.97. The van der Waals surface area contributed by atoms with Crippen LogP contribution in [0, 0.1) is 0 Å². The zero-order chi connectivity index (χ0) is 13.7. The van der Waals surface area contributed by atoms with Crippen LogP contribution in [0.4, 0.5) is 0 Å². The van der Waals surface area contributed by atoms with Crippen molar-refractivity contribution in [2.24, 2.45) is 0 Å². The molecule has 96 valence electrons. The van der Waals surface area contributed by atoms with Crippen molar-refractivity contribution < 1.29 is 14.3 Å². The number of carbonyl (C=O) groups is 1. The smallest absolute Gasteiger partial charge is 0.153 e. The Hall–Kier alpha value is -2.55. The summed E-state index contributed by atoms with van der Waals surface area (Å²) >= 11 is 0. The SMILES string of the molecule is C=C(Oc1ccc(OC)cc1C=O)c1ccccc1. The molecule has 0 aliphatic carbocycles. The molecule has 0 saturated carbocycles. The van der Waals surface area contributed by atoms with Crippen molar-refractivity contribution in [1.29, 1.82) is 0 Å². The molecule has 0 spiro atoms. The number of carbonyl (C=O) groups excluding carboxylic acids is 1. The summed E-state index contributed by atoms with van der Waals surface area (Å²) in [6.07, 6.45) is 0.732. The van der Waals surface area contributed by atoms with Crippen LogP contribution in [0.25, 0.3) is 5.76 Å². The highest BCUT2D eigenvalue weighted by molar-refractivity contribution is 5.81. The summed E-state index contributed by atoms with van der Waals surface area (Å²) in [5.74, 6) is 1.57. The minimum atomic E-state index is 0.427. The van der Waals surface area contributed by atoms with Crippen LogP contribution in [0.15, 0.2) is 55.1 Å². The highest BCUT2D eigenvalue weighted by atomic mass is 16.5. The van der Waals surface area contributed by atoms with Crippen LogP contribution in [-0.2, 0) is 0 Å². The largest absolute Gasteiger partial charge is 0.497 e. The van der Waals surface area contributed by atoms with E-state index in [1.807, 2.05) is 30.3 Å². The second kappa shape index (κ2) is 5.87. The van der Waals surface area contributed by atoms with Crippen molar-refractivity contribution in [1.82, 2.24) is 0 Å². The van der Waals surface area contributed by atoms with Crippen molar-refractivity contribution in [2.75, 3.05) is 7.11 Å². The minimum absolute atomic E-state index is 0.427. The van der Waals surface area contributed by atoms with Crippen LogP contribution in [0.5, 0.6) is 11.5 Å². The van der Waals surface area contributed by atoms with Gasteiger partial charge in [0.25, 0.3) is 0 Å². The molecule has 0 atom stereocenters. The van der Waals surface area contributed by atoms with Gasteiger partial charge in [0.15, 0.2) is 6.29 Å². The number of hydrogen-bond donors (Lipinski definition) is 0. The van der Waals surface area contributed by atoms with Crippen LogP contribution < -0.4 is 9.47 Å². The fourth-order valence-corrected chi connectivity index (χ4v) is 1.65. The van der Waals surface area contributed by atoms with E-state index in [-0.39, 0.29) is 0 Å². The Labute approximate surface area is 112 Å². The van der Waals surface area contributed by atoms with Crippen LogP contribution >= 0.6 is 0 Å². The molecule has 0 unspecified atom stereocenters. The fraction of sp³-hybridized carbons (Fsp3) is 0.0625. The molecule has 19 heavy (non-hydrogen) atoms. The standard InChI is InChI=1S/C16H14O3/c1-12(13-6-4-3-5-7-13)19-16-9-8-15(18-2)10-14(16)11-17/h3-11H,1H2,2H3. The minimum Gasteiger partial charge on any atom is -0.497 e. The van der Waals surface area contributed by atoms with Crippen molar-refractivity contribution in [3.05, 3.63) is 66.2 Å². The molecular weight excluding hydrogens is 240 g/mol. The first-order valence-corrected chi connectivity index (χ1v) is 5.80. The Morgan fingerprint density at radius 2 is 1.89 bits per heavy atom. The number of ether oxygens (including phenoxy) is 2. The maximum Gasteiger partial charge on any atom is 0.153 e. The number of rotatable bonds is 5. The summed E-state index contributed by atoms with van der Waals surface area (Å²) in [6.45, 7) is 3.87. The zero-order valence-electron chi connectivity index (χ0n) is 10.6. The van der Waals surface area contributed by atoms with Crippen LogP contribution in [0.2, 0.25) is 0 Å². The normalized spacial score (nSPS) is 9.74. The average Bonchev–Trinajstić information content (AvgIpc) is 2.48. The van der Waals surface area contributed by atoms with E-state index in [9.17, 15) is 4.79 Å². The molecule has 0 radical (unpaired) electrons. The average molecular weight is 254 g/mol. The molecule has 0 bridgehead atoms. The van der Waals surface area contributed by atoms with Gasteiger partial charge in [0.05, 0.1) is 12.7 Å². The first-order chi connectivity index (χ1) is 9.24. The zero-order valence-corrected chi connectivity index (χ0v) is 10.6. The third-order valence-electron chi connectivity index (χ3n) is 2.67. The van der Waals surface area contributed by atoms with Crippen molar-refractivity contribution in [3.63, 3.8) is 0 Å². The summed E-state index contributed by atoms with van der Waals surface area (Å²) in [7, 11) is 1.55. The highest BCUT2D eigenvalue weighted by Gasteiger charge is 2.08. The predicted octanol–water partition coefficient (Wildman–Crippen LogP) is 3.56. The molecule has 3 heteroatoms. The molecule has 0 N–H and O–H groups in total. The van der Waals surface area contributed by atoms with Crippen molar-refractivity contribution in [2.45, 2.75) is 0 Å². The van der Waals surface area contributed by atoms with Gasteiger partial charge < -0.3 is 9.47 Å². The summed E-state index contributed by atoms with van der Waals surface area (Å²) in [6, 6.07) is 14.6. The third-order valence-corrected chi connectivity index (χ3v) is 2.67. The molecule has 0 amide bonds. The molecule has 0 aromatic heterocycles. The van der Waals surface area contributed by atoms with Crippen molar-refractivity contribution >= 4 is 12.0 Å². The lowest BCUT2D eigenvalue weighted by Gasteiger charge is -2.11. The van der Waals surface area contributed by atoms with Gasteiger partial charge >= 0.3 is 0 Å². The van der Waals surface area contributed by atoms with Crippen molar-refractivity contribution in [3.8, 4) is 11.5 Å². The Morgan fingerprint density at radius 3 is 2.53 bits per heavy atom. The third kappa shape index (κ3) is 3.01. The van der Waals surface area contributed by atoms with Gasteiger partial charge in [0.1, 0.15) is 17.3 Å². The number of aldehydes is 1. The van der Waals surface area contributed by atoms with E-state index in [4.69, 9.17) is 9.47 Å². The Morgan fingerprint density at radius 1 is 1.16 bits per heavy atom. The van der Waals surface area contributed by atoms with Gasteiger partial charge in [0, 0.05) is 5.56 Å². The molecule has 0 fully saturated rings. The van der Waals surface area contributed by atoms with E-state index in [0.717, 1.165) is 11.8 Å². The Kier molecular flexibility index (Phi) is 3.98. The summed E-state index contributed by atoms with van der Waals surface area (Å²) in [5.41, 5.74) is 1.30. The molecular formula is C16H14O3. The topological polar surface area (TPSA) is 35.5 Å². The van der Waals surface area contributed by atoms with E-state index in [1.165, 1.54) is 0 Å². The highest BCUT2D eigenvalue weighted by Crippen LogP contribution is 2.26. The molecule has 3 nitrogen and oxygen atoms in total. The summed E-state index contributed by atoms with van der Waals surface area (Å²) in [4.78, 5) is 11.0. The molecule has 2 rings (SSSR count). The number of benzene rings is 2. The Bertz CT molecular complexity index is 588. The van der Waals surface area contributed by atoms with E-state index in [0.29, 0.717) is 22.8 Å². The van der Waals surface area contributed by atoms with Gasteiger partial charge in [-0.15, -0.1) is 0 Å². The van der Waals surface area contributed by atoms with E-state index < -0.39 is 0 Å². The summed E-state index contributed by atoms with van der Waals surface area (Å²) < 4.78 is 10.7. The lowest BCUT2D eigenvalue weighted by molar-refractivity contribution is 0.112. The first kappa shape index (κ1) is 12.9. The first-order valence-electron chi connectivity index (χ1n) is 5.80. The van der Waals surface area contributed by atoms with Crippen LogP contribution in [0.3, 0.4) is 0 Å². The predicted molar refractivity (Wildman–Crippen MR) is 74.5 cm³/mol. The lowest BCUT2D eigenvalue weighted by atomic mass is 10.2. The maximum absolute atomic E-state index is 11.0. The van der Waals surface area contributed by atoms with Gasteiger partial charge in [0.2, 0.25) is 0 Å². The van der Waals surface area contributed by atoms with Crippen LogP contribution in [-0.4, -0.2) is 13.4 Å². The van der Waals surface area contributed by atoms with Crippen LogP contribution in [0.1, 0.15) is 15.9 Å². The van der Waals surface area contributed by atoms with E-state index in [2.05, 4.69) is 6.58 Å². The number of methoxy groups -OCH3 is 1. The van der Waals surface area contributed by atoms with Gasteiger partial charge in [-0.1, -0.05) is 36.9 Å². The molecule has 0 aliphatic rings. The van der Waals surface area contributed by atoms with Gasteiger partial charge in [-0.25, -0.2) is 0 Å². The van der Waals surface area contributed by atoms with E-state index >= 15 is 0 Å². The Balaban J connectivity index is 2.24. The second-order valence-corrected chi connectivity index (χ2v) is 3.91. The molecule has 0 saturated heterocycles. The molecule has 2 aromatic rings. The van der Waals surface area contributed by atoms with Gasteiger partial charge in [-0.05, 0) is 18.2 Å². The molecule has 0 heterocycles. The quantitative estimate of drug-likeness (QED) is 0.604. The molecule has 2 aromatic carbocycles. The monoisotopic (exact) mass is 254 g/mol. The fourth-order valence-electron chi connectivity index (χ4n) is 1.65. The number of hydrogen-bond acceptors (Lipinski definition) is 3. The summed E-state index contributed by atoms with van der Waals surface area (Å²) in [5, 5.41) is 0. The molecule has 0 aliphatic heterocycles. The maximum atomic E-state index is 11.0. The van der Waals surface area contributed by atoms with Gasteiger partial charge in [-0.2, -0.15) is 0 Å². The second-order valence-electron chi connectivity index (χ2n) is 3.91.